The lowest BCUT2D eigenvalue weighted by atomic mass is 10.2. The molecule has 0 aliphatic carbocycles. The van der Waals surface area contributed by atoms with Crippen molar-refractivity contribution in [3.05, 3.63) is 0 Å². The van der Waals surface area contributed by atoms with Crippen molar-refractivity contribution < 1.29 is 4.74 Å². The summed E-state index contributed by atoms with van der Waals surface area (Å²) in [6.07, 6.45) is 5.12. The molecular weight excluding hydrogens is 90.1 g/mol. The van der Waals surface area contributed by atoms with Gasteiger partial charge in [0.2, 0.25) is 0 Å². The Morgan fingerprint density at radius 1 is 2.00 bits per heavy atom. The molecular formula is C5H7NO. The maximum atomic E-state index is 5.32. The minimum atomic E-state index is -0.181. The SMILES string of the molecule is C#C[C@@H](N)C1CO1. The zero-order valence-corrected chi connectivity index (χ0v) is 3.92. The third-order valence-electron chi connectivity index (χ3n) is 0.952. The summed E-state index contributed by atoms with van der Waals surface area (Å²) in [7, 11) is 0. The molecule has 0 aromatic heterocycles. The summed E-state index contributed by atoms with van der Waals surface area (Å²) in [6.45, 7) is 0.741. The van der Waals surface area contributed by atoms with E-state index in [9.17, 15) is 0 Å². The van der Waals surface area contributed by atoms with Crippen LogP contribution in [0.1, 0.15) is 0 Å². The van der Waals surface area contributed by atoms with Crippen molar-refractivity contribution in [2.24, 2.45) is 5.73 Å². The molecule has 2 heteroatoms. The average Bonchev–Trinajstić information content (AvgIpc) is 2.44. The van der Waals surface area contributed by atoms with E-state index in [1.807, 2.05) is 0 Å². The molecule has 0 aromatic carbocycles. The van der Waals surface area contributed by atoms with Gasteiger partial charge in [-0.05, 0) is 0 Å². The maximum absolute atomic E-state index is 5.32. The highest BCUT2D eigenvalue weighted by molar-refractivity contribution is 5.04. The van der Waals surface area contributed by atoms with Crippen LogP contribution in [0.2, 0.25) is 0 Å². The predicted molar refractivity (Wildman–Crippen MR) is 26.5 cm³/mol. The van der Waals surface area contributed by atoms with Crippen LogP contribution in [0.15, 0.2) is 0 Å². The van der Waals surface area contributed by atoms with Crippen LogP contribution in [0.3, 0.4) is 0 Å². The summed E-state index contributed by atoms with van der Waals surface area (Å²) in [6, 6.07) is -0.181. The van der Waals surface area contributed by atoms with Crippen LogP contribution < -0.4 is 5.73 Å². The second-order valence-corrected chi connectivity index (χ2v) is 1.56. The van der Waals surface area contributed by atoms with Crippen LogP contribution in [-0.4, -0.2) is 18.8 Å². The van der Waals surface area contributed by atoms with E-state index in [1.54, 1.807) is 0 Å². The molecule has 0 radical (unpaired) electrons. The average molecular weight is 97.1 g/mol. The number of ether oxygens (including phenoxy) is 1. The Balaban J connectivity index is 2.27. The molecule has 1 saturated heterocycles. The summed E-state index contributed by atoms with van der Waals surface area (Å²) in [5.41, 5.74) is 5.32. The number of nitrogens with two attached hydrogens (primary N) is 1. The highest BCUT2D eigenvalue weighted by Gasteiger charge is 2.28. The van der Waals surface area contributed by atoms with E-state index in [-0.39, 0.29) is 12.1 Å². The van der Waals surface area contributed by atoms with Crippen LogP contribution in [0.4, 0.5) is 0 Å². The Labute approximate surface area is 42.6 Å². The highest BCUT2D eigenvalue weighted by Crippen LogP contribution is 2.10. The van der Waals surface area contributed by atoms with E-state index in [4.69, 9.17) is 16.9 Å². The van der Waals surface area contributed by atoms with Crippen molar-refractivity contribution in [2.75, 3.05) is 6.61 Å². The standard InChI is InChI=1S/C5H7NO/c1-2-4(6)5-3-7-5/h1,4-5H,3,6H2/t4-,5?/m1/s1. The van der Waals surface area contributed by atoms with Gasteiger partial charge in [0.1, 0.15) is 6.10 Å². The van der Waals surface area contributed by atoms with Gasteiger partial charge in [0.15, 0.2) is 0 Å². The molecule has 1 heterocycles. The minimum Gasteiger partial charge on any atom is -0.370 e. The van der Waals surface area contributed by atoms with Gasteiger partial charge in [0.25, 0.3) is 0 Å². The molecule has 2 nitrogen and oxygen atoms in total. The van der Waals surface area contributed by atoms with Crippen molar-refractivity contribution in [2.45, 2.75) is 12.1 Å². The van der Waals surface area contributed by atoms with Crippen LogP contribution in [0.25, 0.3) is 0 Å². The first-order chi connectivity index (χ1) is 3.34. The van der Waals surface area contributed by atoms with Crippen LogP contribution in [-0.2, 0) is 4.74 Å². The molecule has 2 atom stereocenters. The minimum absolute atomic E-state index is 0.157. The van der Waals surface area contributed by atoms with Crippen LogP contribution >= 0.6 is 0 Å². The number of hydrogen-bond donors (Lipinski definition) is 1. The first-order valence-electron chi connectivity index (χ1n) is 2.18. The van der Waals surface area contributed by atoms with Gasteiger partial charge in [-0.25, -0.2) is 0 Å². The molecule has 0 saturated carbocycles. The fraction of sp³-hybridized carbons (Fsp3) is 0.600. The lowest BCUT2D eigenvalue weighted by Crippen LogP contribution is -2.23. The third kappa shape index (κ3) is 0.923. The summed E-state index contributed by atoms with van der Waals surface area (Å²) < 4.78 is 4.79. The molecule has 0 bridgehead atoms. The Morgan fingerprint density at radius 3 is 2.71 bits per heavy atom. The fourth-order valence-corrected chi connectivity index (χ4v) is 0.370. The summed E-state index contributed by atoms with van der Waals surface area (Å²) in [4.78, 5) is 0. The van der Waals surface area contributed by atoms with Gasteiger partial charge < -0.3 is 10.5 Å². The topological polar surface area (TPSA) is 38.5 Å². The Morgan fingerprint density at radius 2 is 2.57 bits per heavy atom. The van der Waals surface area contributed by atoms with Gasteiger partial charge in [0.05, 0.1) is 12.6 Å². The third-order valence-corrected chi connectivity index (χ3v) is 0.952. The van der Waals surface area contributed by atoms with Crippen LogP contribution in [0.5, 0.6) is 0 Å². The molecule has 1 fully saturated rings. The first kappa shape index (κ1) is 4.63. The van der Waals surface area contributed by atoms with Crippen molar-refractivity contribution >= 4 is 0 Å². The molecule has 1 unspecified atom stereocenters. The monoisotopic (exact) mass is 97.1 g/mol. The molecule has 1 aliphatic rings. The maximum Gasteiger partial charge on any atom is 0.107 e. The van der Waals surface area contributed by atoms with Crippen molar-refractivity contribution in [3.8, 4) is 12.3 Å². The molecule has 38 valence electrons. The second-order valence-electron chi connectivity index (χ2n) is 1.56. The Hall–Kier alpha value is -0.520. The van der Waals surface area contributed by atoms with Gasteiger partial charge >= 0.3 is 0 Å². The lowest BCUT2D eigenvalue weighted by molar-refractivity contribution is 0.395. The first-order valence-corrected chi connectivity index (χ1v) is 2.18. The van der Waals surface area contributed by atoms with E-state index in [0.717, 1.165) is 6.61 Å². The predicted octanol–water partition coefficient (Wildman–Crippen LogP) is -0.654. The molecule has 1 rings (SSSR count). The van der Waals surface area contributed by atoms with E-state index in [2.05, 4.69) is 5.92 Å². The highest BCUT2D eigenvalue weighted by atomic mass is 16.6. The lowest BCUT2D eigenvalue weighted by Gasteiger charge is -1.92. The van der Waals surface area contributed by atoms with Gasteiger partial charge in [0, 0.05) is 0 Å². The summed E-state index contributed by atoms with van der Waals surface area (Å²) >= 11 is 0. The van der Waals surface area contributed by atoms with Crippen molar-refractivity contribution in [1.29, 1.82) is 0 Å². The van der Waals surface area contributed by atoms with E-state index < -0.39 is 0 Å². The molecule has 2 N–H and O–H groups in total. The van der Waals surface area contributed by atoms with Crippen molar-refractivity contribution in [1.82, 2.24) is 0 Å². The van der Waals surface area contributed by atoms with E-state index in [1.165, 1.54) is 0 Å². The van der Waals surface area contributed by atoms with Gasteiger partial charge in [-0.2, -0.15) is 0 Å². The number of terminal acetylenes is 1. The number of hydrogen-bond acceptors (Lipinski definition) is 2. The largest absolute Gasteiger partial charge is 0.370 e. The number of epoxide rings is 1. The quantitative estimate of drug-likeness (QED) is 0.348. The normalized spacial score (nSPS) is 31.1. The van der Waals surface area contributed by atoms with Gasteiger partial charge in [-0.15, -0.1) is 6.42 Å². The zero-order chi connectivity index (χ0) is 5.28. The van der Waals surface area contributed by atoms with E-state index in [0.29, 0.717) is 0 Å². The van der Waals surface area contributed by atoms with Crippen LogP contribution in [0, 0.1) is 12.3 Å². The number of rotatable bonds is 1. The molecule has 7 heavy (non-hydrogen) atoms. The zero-order valence-electron chi connectivity index (χ0n) is 3.92. The smallest absolute Gasteiger partial charge is 0.107 e. The molecule has 0 aromatic rings. The molecule has 0 spiro atoms. The summed E-state index contributed by atoms with van der Waals surface area (Å²) in [5, 5.41) is 0. The van der Waals surface area contributed by atoms with Gasteiger partial charge in [-0.3, -0.25) is 0 Å². The summed E-state index contributed by atoms with van der Waals surface area (Å²) in [5.74, 6) is 2.38. The van der Waals surface area contributed by atoms with Gasteiger partial charge in [-0.1, -0.05) is 5.92 Å². The molecule has 1 aliphatic heterocycles. The second kappa shape index (κ2) is 1.53. The fourth-order valence-electron chi connectivity index (χ4n) is 0.370. The Bertz CT molecular complexity index is 101. The molecule has 0 amide bonds. The Kier molecular flexibility index (Phi) is 1.01. The van der Waals surface area contributed by atoms with Crippen molar-refractivity contribution in [3.63, 3.8) is 0 Å². The van der Waals surface area contributed by atoms with E-state index >= 15 is 0 Å².